The zero-order valence-corrected chi connectivity index (χ0v) is 8.32. The molecule has 0 heterocycles. The van der Waals surface area contributed by atoms with Gasteiger partial charge in [0.25, 0.3) is 0 Å². The van der Waals surface area contributed by atoms with E-state index in [0.29, 0.717) is 12.3 Å². The van der Waals surface area contributed by atoms with Crippen molar-refractivity contribution in [3.05, 3.63) is 29.3 Å². The van der Waals surface area contributed by atoms with Gasteiger partial charge in [-0.2, -0.15) is 0 Å². The summed E-state index contributed by atoms with van der Waals surface area (Å²) in [5, 5.41) is 0. The molecule has 0 bridgehead atoms. The van der Waals surface area contributed by atoms with E-state index in [-0.39, 0.29) is 0 Å². The summed E-state index contributed by atoms with van der Waals surface area (Å²) in [6.45, 7) is 0. The summed E-state index contributed by atoms with van der Waals surface area (Å²) in [5.41, 5.74) is 2.68. The minimum absolute atomic E-state index is 0.414. The van der Waals surface area contributed by atoms with E-state index in [0.717, 1.165) is 24.9 Å². The van der Waals surface area contributed by atoms with E-state index in [1.807, 2.05) is 6.07 Å². The minimum atomic E-state index is 0.414. The lowest BCUT2D eigenvalue weighted by atomic mass is 9.98. The van der Waals surface area contributed by atoms with Crippen molar-refractivity contribution in [3.63, 3.8) is 0 Å². The Morgan fingerprint density at radius 1 is 1.57 bits per heavy atom. The van der Waals surface area contributed by atoms with E-state index in [9.17, 15) is 4.79 Å². The molecule has 0 N–H and O–H groups in total. The monoisotopic (exact) mass is 190 g/mol. The summed E-state index contributed by atoms with van der Waals surface area (Å²) in [5.74, 6) is 1.30. The molecule has 1 aliphatic rings. The number of hydrogen-bond donors (Lipinski definition) is 0. The molecule has 2 rings (SSSR count). The van der Waals surface area contributed by atoms with Gasteiger partial charge in [0.2, 0.25) is 0 Å². The second-order valence-corrected chi connectivity index (χ2v) is 3.70. The van der Waals surface area contributed by atoms with Crippen molar-refractivity contribution in [1.82, 2.24) is 0 Å². The molecule has 0 saturated carbocycles. The number of fused-ring (bicyclic) bond motifs is 1. The van der Waals surface area contributed by atoms with Crippen LogP contribution in [0.2, 0.25) is 0 Å². The molecule has 1 atom stereocenters. The third kappa shape index (κ3) is 1.52. The number of methoxy groups -OCH3 is 1. The maximum absolute atomic E-state index is 10.5. The zero-order valence-electron chi connectivity index (χ0n) is 8.32. The molecule has 0 aliphatic heterocycles. The molecule has 0 aromatic heterocycles. The van der Waals surface area contributed by atoms with Gasteiger partial charge in [0.1, 0.15) is 12.0 Å². The normalized spacial score (nSPS) is 19.1. The molecule has 1 aliphatic carbocycles. The smallest absolute Gasteiger partial charge is 0.120 e. The Hall–Kier alpha value is -1.31. The van der Waals surface area contributed by atoms with Gasteiger partial charge < -0.3 is 9.53 Å². The van der Waals surface area contributed by atoms with Crippen LogP contribution in [0.3, 0.4) is 0 Å². The van der Waals surface area contributed by atoms with Gasteiger partial charge in [0.15, 0.2) is 0 Å². The minimum Gasteiger partial charge on any atom is -0.497 e. The first-order chi connectivity index (χ1) is 6.85. The van der Waals surface area contributed by atoms with Crippen molar-refractivity contribution < 1.29 is 9.53 Å². The fraction of sp³-hybridized carbons (Fsp3) is 0.417. The van der Waals surface area contributed by atoms with E-state index in [4.69, 9.17) is 4.74 Å². The molecule has 14 heavy (non-hydrogen) atoms. The molecule has 0 saturated heterocycles. The highest BCUT2D eigenvalue weighted by Gasteiger charge is 2.22. The quantitative estimate of drug-likeness (QED) is 0.684. The molecule has 0 radical (unpaired) electrons. The van der Waals surface area contributed by atoms with E-state index in [2.05, 4.69) is 12.1 Å². The van der Waals surface area contributed by atoms with E-state index in [1.165, 1.54) is 11.1 Å². The van der Waals surface area contributed by atoms with Crippen LogP contribution in [-0.2, 0) is 11.2 Å². The molecular weight excluding hydrogens is 176 g/mol. The summed E-state index contributed by atoms with van der Waals surface area (Å²) in [6, 6.07) is 6.16. The Morgan fingerprint density at radius 2 is 2.43 bits per heavy atom. The molecule has 1 unspecified atom stereocenters. The molecule has 2 heteroatoms. The largest absolute Gasteiger partial charge is 0.497 e. The van der Waals surface area contributed by atoms with Crippen LogP contribution in [0.5, 0.6) is 5.75 Å². The lowest BCUT2D eigenvalue weighted by molar-refractivity contribution is -0.108. The van der Waals surface area contributed by atoms with E-state index in [1.54, 1.807) is 7.11 Å². The lowest BCUT2D eigenvalue weighted by Crippen LogP contribution is -1.94. The Labute approximate surface area is 83.9 Å². The molecule has 0 amide bonds. The highest BCUT2D eigenvalue weighted by molar-refractivity contribution is 5.54. The number of aryl methyl sites for hydroxylation is 1. The van der Waals surface area contributed by atoms with Crippen LogP contribution in [0, 0.1) is 0 Å². The van der Waals surface area contributed by atoms with Gasteiger partial charge in [-0.1, -0.05) is 6.07 Å². The Kier molecular flexibility index (Phi) is 2.53. The summed E-state index contributed by atoms with van der Waals surface area (Å²) in [7, 11) is 1.67. The first-order valence-corrected chi connectivity index (χ1v) is 4.95. The summed E-state index contributed by atoms with van der Waals surface area (Å²) in [4.78, 5) is 10.5. The van der Waals surface area contributed by atoms with Crippen LogP contribution in [0.1, 0.15) is 29.9 Å². The Balaban J connectivity index is 2.31. The summed E-state index contributed by atoms with van der Waals surface area (Å²) < 4.78 is 5.18. The van der Waals surface area contributed by atoms with Crippen molar-refractivity contribution in [2.24, 2.45) is 0 Å². The predicted molar refractivity (Wildman–Crippen MR) is 54.7 cm³/mol. The van der Waals surface area contributed by atoms with Gasteiger partial charge >= 0.3 is 0 Å². The van der Waals surface area contributed by atoms with Crippen molar-refractivity contribution in [2.75, 3.05) is 7.11 Å². The standard InChI is InChI=1S/C12H14O2/c1-14-11-5-4-9-2-3-10(6-7-13)12(9)8-11/h4-5,7-8,10H,2-3,6H2,1H3. The van der Waals surface area contributed by atoms with Crippen molar-refractivity contribution in [2.45, 2.75) is 25.2 Å². The van der Waals surface area contributed by atoms with Gasteiger partial charge in [-0.25, -0.2) is 0 Å². The van der Waals surface area contributed by atoms with E-state index >= 15 is 0 Å². The summed E-state index contributed by atoms with van der Waals surface area (Å²) >= 11 is 0. The number of rotatable bonds is 3. The highest BCUT2D eigenvalue weighted by Crippen LogP contribution is 2.36. The fourth-order valence-electron chi connectivity index (χ4n) is 2.15. The predicted octanol–water partition coefficient (Wildman–Crippen LogP) is 2.31. The molecule has 1 aromatic carbocycles. The second-order valence-electron chi connectivity index (χ2n) is 3.70. The van der Waals surface area contributed by atoms with Crippen LogP contribution in [-0.4, -0.2) is 13.4 Å². The maximum Gasteiger partial charge on any atom is 0.120 e. The summed E-state index contributed by atoms with van der Waals surface area (Å²) in [6.07, 6.45) is 3.85. The Bertz CT molecular complexity index is 344. The van der Waals surface area contributed by atoms with Crippen molar-refractivity contribution >= 4 is 6.29 Å². The van der Waals surface area contributed by atoms with Crippen LogP contribution in [0.25, 0.3) is 0 Å². The number of carbonyl (C=O) groups is 1. The molecule has 74 valence electrons. The fourth-order valence-corrected chi connectivity index (χ4v) is 2.15. The molecule has 0 fully saturated rings. The maximum atomic E-state index is 10.5. The lowest BCUT2D eigenvalue weighted by Gasteiger charge is -2.08. The third-order valence-electron chi connectivity index (χ3n) is 2.94. The average Bonchev–Trinajstić information content (AvgIpc) is 2.61. The van der Waals surface area contributed by atoms with Crippen LogP contribution < -0.4 is 4.74 Å². The first-order valence-electron chi connectivity index (χ1n) is 4.95. The van der Waals surface area contributed by atoms with Gasteiger partial charge in [-0.05, 0) is 42.0 Å². The molecule has 1 aromatic rings. The van der Waals surface area contributed by atoms with Crippen molar-refractivity contribution in [1.29, 1.82) is 0 Å². The number of benzene rings is 1. The van der Waals surface area contributed by atoms with Crippen molar-refractivity contribution in [3.8, 4) is 5.75 Å². The van der Waals surface area contributed by atoms with Gasteiger partial charge in [-0.15, -0.1) is 0 Å². The number of ether oxygens (including phenoxy) is 1. The van der Waals surface area contributed by atoms with Crippen LogP contribution in [0.4, 0.5) is 0 Å². The van der Waals surface area contributed by atoms with Gasteiger partial charge in [0.05, 0.1) is 7.11 Å². The van der Waals surface area contributed by atoms with Gasteiger partial charge in [-0.3, -0.25) is 0 Å². The number of hydrogen-bond acceptors (Lipinski definition) is 2. The third-order valence-corrected chi connectivity index (χ3v) is 2.94. The highest BCUT2D eigenvalue weighted by atomic mass is 16.5. The number of carbonyl (C=O) groups excluding carboxylic acids is 1. The van der Waals surface area contributed by atoms with E-state index < -0.39 is 0 Å². The van der Waals surface area contributed by atoms with Gasteiger partial charge in [0, 0.05) is 6.42 Å². The first kappa shape index (κ1) is 9.25. The van der Waals surface area contributed by atoms with Crippen LogP contribution in [0.15, 0.2) is 18.2 Å². The number of aldehydes is 1. The average molecular weight is 190 g/mol. The second kappa shape index (κ2) is 3.82. The SMILES string of the molecule is COc1ccc2c(c1)C(CC=O)CC2. The van der Waals surface area contributed by atoms with Crippen LogP contribution >= 0.6 is 0 Å². The Morgan fingerprint density at radius 3 is 3.14 bits per heavy atom. The molecule has 0 spiro atoms. The zero-order chi connectivity index (χ0) is 9.97. The molecular formula is C12H14O2. The molecule has 2 nitrogen and oxygen atoms in total. The topological polar surface area (TPSA) is 26.3 Å².